The van der Waals surface area contributed by atoms with Crippen LogP contribution in [0.1, 0.15) is 5.56 Å². The Bertz CT molecular complexity index is 2710. The van der Waals surface area contributed by atoms with Crippen LogP contribution in [-0.2, 0) is 0 Å². The Labute approximate surface area is 274 Å². The van der Waals surface area contributed by atoms with Gasteiger partial charge in [0.05, 0.1) is 50.4 Å². The van der Waals surface area contributed by atoms with Gasteiger partial charge in [-0.15, -0.1) is 0 Å². The minimum Gasteiger partial charge on any atom is -0.309 e. The fraction of sp³-hybridized carbons (Fsp3) is 0. The highest BCUT2D eigenvalue weighted by atomic mass is 19.1. The zero-order chi connectivity index (χ0) is 31.9. The highest BCUT2D eigenvalue weighted by Crippen LogP contribution is 2.39. The SMILES string of the molecule is N#Cc1ccc(-n2c3ccc(-n4c5ccccc5c5ccccc54)cc3c3cc(-n4c5ccccc5c5ccccc54)ccc32)c(F)c1. The number of aromatic nitrogens is 3. The smallest absolute Gasteiger partial charge is 0.148 e. The van der Waals surface area contributed by atoms with Crippen molar-refractivity contribution in [1.82, 2.24) is 13.7 Å². The molecule has 0 unspecified atom stereocenters. The van der Waals surface area contributed by atoms with E-state index in [0.29, 0.717) is 11.3 Å². The number of halogens is 1. The predicted octanol–water partition coefficient (Wildman–Crippen LogP) is 11.0. The number of nitriles is 1. The summed E-state index contributed by atoms with van der Waals surface area (Å²) in [6, 6.07) is 53.6. The molecule has 3 heterocycles. The van der Waals surface area contributed by atoms with E-state index < -0.39 is 5.82 Å². The third-order valence-corrected chi connectivity index (χ3v) is 9.73. The second kappa shape index (κ2) is 9.93. The lowest BCUT2D eigenvalue weighted by atomic mass is 10.1. The fourth-order valence-electron chi connectivity index (χ4n) is 7.70. The fourth-order valence-corrected chi connectivity index (χ4v) is 7.70. The molecule has 4 nitrogen and oxygen atoms in total. The molecular weight excluding hydrogens is 591 g/mol. The van der Waals surface area contributed by atoms with E-state index in [1.165, 1.54) is 27.6 Å². The number of para-hydroxylation sites is 4. The summed E-state index contributed by atoms with van der Waals surface area (Å²) in [4.78, 5) is 0. The number of fused-ring (bicyclic) bond motifs is 9. The van der Waals surface area contributed by atoms with E-state index in [-0.39, 0.29) is 0 Å². The Hall–Kier alpha value is -6.64. The van der Waals surface area contributed by atoms with Crippen molar-refractivity contribution in [2.24, 2.45) is 0 Å². The Kier molecular flexibility index (Phi) is 5.49. The molecule has 0 fully saturated rings. The molecule has 0 spiro atoms. The number of hydrogen-bond acceptors (Lipinski definition) is 1. The molecule has 0 aliphatic heterocycles. The molecule has 0 saturated carbocycles. The van der Waals surface area contributed by atoms with E-state index in [9.17, 15) is 5.26 Å². The molecule has 0 aliphatic carbocycles. The molecule has 0 saturated heterocycles. The van der Waals surface area contributed by atoms with Gasteiger partial charge in [-0.25, -0.2) is 4.39 Å². The number of benzene rings is 7. The highest BCUT2D eigenvalue weighted by molar-refractivity contribution is 6.14. The predicted molar refractivity (Wildman–Crippen MR) is 194 cm³/mol. The van der Waals surface area contributed by atoms with Crippen LogP contribution in [0.25, 0.3) is 82.5 Å². The average molecular weight is 617 g/mol. The number of hydrogen-bond donors (Lipinski definition) is 0. The lowest BCUT2D eigenvalue weighted by Crippen LogP contribution is -1.99. The van der Waals surface area contributed by atoms with E-state index in [4.69, 9.17) is 0 Å². The molecule has 10 rings (SSSR count). The molecule has 0 aliphatic rings. The van der Waals surface area contributed by atoms with E-state index in [2.05, 4.69) is 149 Å². The number of nitrogens with zero attached hydrogens (tertiary/aromatic N) is 4. The summed E-state index contributed by atoms with van der Waals surface area (Å²) in [6.45, 7) is 0. The summed E-state index contributed by atoms with van der Waals surface area (Å²) in [7, 11) is 0. The van der Waals surface area contributed by atoms with Crippen LogP contribution in [0.2, 0.25) is 0 Å². The normalized spacial score (nSPS) is 11.8. The van der Waals surface area contributed by atoms with Crippen LogP contribution < -0.4 is 0 Å². The first-order chi connectivity index (χ1) is 23.7. The molecule has 0 atom stereocenters. The Balaban J connectivity index is 1.31. The van der Waals surface area contributed by atoms with Gasteiger partial charge >= 0.3 is 0 Å². The summed E-state index contributed by atoms with van der Waals surface area (Å²) in [5, 5.41) is 16.3. The van der Waals surface area contributed by atoms with Crippen molar-refractivity contribution in [2.45, 2.75) is 0 Å². The molecule has 0 amide bonds. The van der Waals surface area contributed by atoms with Crippen molar-refractivity contribution in [3.63, 3.8) is 0 Å². The van der Waals surface area contributed by atoms with Crippen LogP contribution in [0, 0.1) is 17.1 Å². The summed E-state index contributed by atoms with van der Waals surface area (Å²) >= 11 is 0. The van der Waals surface area contributed by atoms with Crippen molar-refractivity contribution in [3.8, 4) is 23.1 Å². The van der Waals surface area contributed by atoms with Gasteiger partial charge in [-0.2, -0.15) is 5.26 Å². The molecule has 0 N–H and O–H groups in total. The maximum Gasteiger partial charge on any atom is 0.148 e. The Morgan fingerprint density at radius 3 is 1.19 bits per heavy atom. The van der Waals surface area contributed by atoms with Gasteiger partial charge in [-0.1, -0.05) is 72.8 Å². The Morgan fingerprint density at radius 2 is 0.792 bits per heavy atom. The summed E-state index contributed by atoms with van der Waals surface area (Å²) in [5.41, 5.74) is 9.05. The van der Waals surface area contributed by atoms with Crippen LogP contribution >= 0.6 is 0 Å². The van der Waals surface area contributed by atoms with Crippen LogP contribution in [0.3, 0.4) is 0 Å². The Morgan fingerprint density at radius 1 is 0.396 bits per heavy atom. The first-order valence-corrected chi connectivity index (χ1v) is 15.9. The van der Waals surface area contributed by atoms with Gasteiger partial charge in [-0.05, 0) is 78.9 Å². The molecule has 0 radical (unpaired) electrons. The van der Waals surface area contributed by atoms with Crippen molar-refractivity contribution >= 4 is 65.4 Å². The van der Waals surface area contributed by atoms with Gasteiger partial charge in [0.25, 0.3) is 0 Å². The highest BCUT2D eigenvalue weighted by Gasteiger charge is 2.20. The molecule has 3 aromatic heterocycles. The van der Waals surface area contributed by atoms with Gasteiger partial charge in [-0.3, -0.25) is 0 Å². The van der Waals surface area contributed by atoms with Crippen LogP contribution in [0.15, 0.2) is 152 Å². The number of rotatable bonds is 3. The zero-order valence-corrected chi connectivity index (χ0v) is 25.6. The molecule has 5 heteroatoms. The third-order valence-electron chi connectivity index (χ3n) is 9.73. The lowest BCUT2D eigenvalue weighted by molar-refractivity contribution is 0.620. The molecule has 224 valence electrons. The van der Waals surface area contributed by atoms with Crippen LogP contribution in [-0.4, -0.2) is 13.7 Å². The molecule has 48 heavy (non-hydrogen) atoms. The average Bonchev–Trinajstić information content (AvgIpc) is 3.77. The molecule has 7 aromatic carbocycles. The summed E-state index contributed by atoms with van der Waals surface area (Å²) in [5.74, 6) is -0.439. The van der Waals surface area contributed by atoms with Crippen molar-refractivity contribution in [1.29, 1.82) is 5.26 Å². The maximum absolute atomic E-state index is 15.8. The van der Waals surface area contributed by atoms with Gasteiger partial charge in [0.1, 0.15) is 5.82 Å². The van der Waals surface area contributed by atoms with Crippen molar-refractivity contribution < 1.29 is 4.39 Å². The zero-order valence-electron chi connectivity index (χ0n) is 25.6. The minimum atomic E-state index is -0.439. The monoisotopic (exact) mass is 616 g/mol. The first kappa shape index (κ1) is 26.6. The standard InChI is InChI=1S/C43H25FN4/c44-36-23-27(26-45)17-20-43(36)48-41-21-18-28(46-37-13-5-1-9-30(37)31-10-2-6-14-38(31)46)24-34(41)35-25-29(19-22-42(35)48)47-39-15-7-3-11-32(39)33-12-4-8-16-40(33)47/h1-25H. The van der Waals surface area contributed by atoms with Gasteiger partial charge in [0, 0.05) is 43.7 Å². The lowest BCUT2D eigenvalue weighted by Gasteiger charge is -2.11. The topological polar surface area (TPSA) is 38.6 Å². The van der Waals surface area contributed by atoms with E-state index >= 15 is 4.39 Å². The third kappa shape index (κ3) is 3.63. The largest absolute Gasteiger partial charge is 0.309 e. The maximum atomic E-state index is 15.8. The van der Waals surface area contributed by atoms with Gasteiger partial charge in [0.2, 0.25) is 0 Å². The summed E-state index contributed by atoms with van der Waals surface area (Å²) in [6.07, 6.45) is 0. The summed E-state index contributed by atoms with van der Waals surface area (Å²) < 4.78 is 22.4. The molecule has 0 bridgehead atoms. The molecule has 10 aromatic rings. The van der Waals surface area contributed by atoms with Crippen molar-refractivity contribution in [2.75, 3.05) is 0 Å². The van der Waals surface area contributed by atoms with E-state index in [0.717, 1.165) is 55.2 Å². The van der Waals surface area contributed by atoms with Gasteiger partial charge < -0.3 is 13.7 Å². The second-order valence-corrected chi connectivity index (χ2v) is 12.3. The van der Waals surface area contributed by atoms with E-state index in [1.807, 2.05) is 4.57 Å². The second-order valence-electron chi connectivity index (χ2n) is 12.3. The van der Waals surface area contributed by atoms with Crippen LogP contribution in [0.5, 0.6) is 0 Å². The molecular formula is C43H25FN4. The first-order valence-electron chi connectivity index (χ1n) is 15.9. The van der Waals surface area contributed by atoms with Crippen LogP contribution in [0.4, 0.5) is 4.39 Å². The van der Waals surface area contributed by atoms with E-state index in [1.54, 1.807) is 12.1 Å². The quantitative estimate of drug-likeness (QED) is 0.195. The minimum absolute atomic E-state index is 0.291. The van der Waals surface area contributed by atoms with Gasteiger partial charge in [0.15, 0.2) is 0 Å². The van der Waals surface area contributed by atoms with Crippen molar-refractivity contribution in [3.05, 3.63) is 163 Å².